The quantitative estimate of drug-likeness (QED) is 0.693. The van der Waals surface area contributed by atoms with Crippen LogP contribution in [0.3, 0.4) is 0 Å². The first-order chi connectivity index (χ1) is 13.8. The molecule has 29 heavy (non-hydrogen) atoms. The average molecular weight is 413 g/mol. The van der Waals surface area contributed by atoms with Gasteiger partial charge in [-0.3, -0.25) is 4.90 Å². The number of aromatic nitrogens is 2. The molecule has 4 rings (SSSR count). The lowest BCUT2D eigenvalue weighted by atomic mass is 10.1. The Morgan fingerprint density at radius 1 is 1.03 bits per heavy atom. The van der Waals surface area contributed by atoms with Gasteiger partial charge in [0.1, 0.15) is 0 Å². The van der Waals surface area contributed by atoms with Crippen molar-refractivity contribution in [2.45, 2.75) is 37.2 Å². The summed E-state index contributed by atoms with van der Waals surface area (Å²) in [6, 6.07) is 14.4. The Balaban J connectivity index is 1.47. The maximum Gasteiger partial charge on any atom is 0.244 e. The molecule has 0 aliphatic carbocycles. The molecule has 2 atom stereocenters. The molecule has 1 N–H and O–H groups in total. The summed E-state index contributed by atoms with van der Waals surface area (Å²) < 4.78 is 33.7. The highest BCUT2D eigenvalue weighted by Crippen LogP contribution is 2.31. The van der Waals surface area contributed by atoms with Gasteiger partial charge in [-0.1, -0.05) is 52.7 Å². The molecule has 0 radical (unpaired) electrons. The molecule has 3 aromatic rings. The number of likely N-dealkylation sites (tertiary alicyclic amines) is 1. The van der Waals surface area contributed by atoms with Gasteiger partial charge in [0.05, 0.1) is 10.9 Å². The zero-order chi connectivity index (χ0) is 20.6. The molecule has 0 bridgehead atoms. The molecule has 8 heteroatoms. The van der Waals surface area contributed by atoms with Crippen LogP contribution in [0.15, 0.2) is 57.9 Å². The largest absolute Gasteiger partial charge is 0.337 e. The number of hydrogen-bond donors (Lipinski definition) is 1. The molecule has 2 aromatic carbocycles. The van der Waals surface area contributed by atoms with Crippen LogP contribution in [0.4, 0.5) is 0 Å². The Morgan fingerprint density at radius 2 is 1.66 bits per heavy atom. The monoisotopic (exact) mass is 412 g/mol. The first kappa shape index (κ1) is 19.8. The number of likely N-dealkylation sites (N-methyl/N-ethyl adjacent to an activating group) is 1. The van der Waals surface area contributed by atoms with E-state index in [1.54, 1.807) is 24.3 Å². The Hall–Kier alpha value is -2.55. The second-order valence-corrected chi connectivity index (χ2v) is 9.36. The van der Waals surface area contributed by atoms with Crippen molar-refractivity contribution >= 4 is 10.0 Å². The molecule has 2 heterocycles. The van der Waals surface area contributed by atoms with Crippen LogP contribution < -0.4 is 4.72 Å². The Morgan fingerprint density at radius 3 is 2.31 bits per heavy atom. The number of aryl methyl sites for hydroxylation is 2. The zero-order valence-corrected chi connectivity index (χ0v) is 17.5. The van der Waals surface area contributed by atoms with Gasteiger partial charge in [-0.2, -0.15) is 4.98 Å². The third-order valence-electron chi connectivity index (χ3n) is 5.24. The lowest BCUT2D eigenvalue weighted by Crippen LogP contribution is -2.36. The highest BCUT2D eigenvalue weighted by molar-refractivity contribution is 7.89. The minimum atomic E-state index is -3.57. The predicted molar refractivity (Wildman–Crippen MR) is 110 cm³/mol. The van der Waals surface area contributed by atoms with Crippen LogP contribution in [0.5, 0.6) is 0 Å². The van der Waals surface area contributed by atoms with Crippen molar-refractivity contribution in [3.05, 3.63) is 65.5 Å². The molecular formula is C21H24N4O3S. The molecule has 7 nitrogen and oxygen atoms in total. The van der Waals surface area contributed by atoms with E-state index in [4.69, 9.17) is 4.52 Å². The van der Waals surface area contributed by atoms with Crippen molar-refractivity contribution in [2.24, 2.45) is 0 Å². The lowest BCUT2D eigenvalue weighted by molar-refractivity contribution is 0.244. The smallest absolute Gasteiger partial charge is 0.244 e. The zero-order valence-electron chi connectivity index (χ0n) is 16.7. The number of sulfonamides is 1. The van der Waals surface area contributed by atoms with Crippen molar-refractivity contribution in [1.82, 2.24) is 19.8 Å². The van der Waals surface area contributed by atoms with E-state index in [0.29, 0.717) is 24.7 Å². The van der Waals surface area contributed by atoms with Gasteiger partial charge in [0.2, 0.25) is 21.7 Å². The van der Waals surface area contributed by atoms with Crippen molar-refractivity contribution < 1.29 is 12.9 Å². The van der Waals surface area contributed by atoms with E-state index in [-0.39, 0.29) is 17.0 Å². The molecule has 0 amide bonds. The molecule has 1 aliphatic heterocycles. The molecule has 0 saturated carbocycles. The maximum absolute atomic E-state index is 12.7. The summed E-state index contributed by atoms with van der Waals surface area (Å²) >= 11 is 0. The van der Waals surface area contributed by atoms with E-state index in [1.165, 1.54) is 0 Å². The summed E-state index contributed by atoms with van der Waals surface area (Å²) in [5, 5.41) is 4.10. The SMILES string of the molecule is Cc1ccc(-c2noc(C3CC(NS(=O)(=O)c4ccc(C)cc4)CN3C)n2)cc1. The van der Waals surface area contributed by atoms with Crippen LogP contribution in [0.25, 0.3) is 11.4 Å². The van der Waals surface area contributed by atoms with E-state index in [0.717, 1.165) is 16.7 Å². The normalized spacial score (nSPS) is 20.2. The van der Waals surface area contributed by atoms with Crippen LogP contribution in [-0.4, -0.2) is 43.1 Å². The highest BCUT2D eigenvalue weighted by atomic mass is 32.2. The van der Waals surface area contributed by atoms with Crippen molar-refractivity contribution in [3.63, 3.8) is 0 Å². The van der Waals surface area contributed by atoms with Gasteiger partial charge in [0, 0.05) is 18.2 Å². The molecule has 1 saturated heterocycles. The lowest BCUT2D eigenvalue weighted by Gasteiger charge is -2.14. The van der Waals surface area contributed by atoms with E-state index in [9.17, 15) is 8.42 Å². The van der Waals surface area contributed by atoms with Crippen molar-refractivity contribution in [3.8, 4) is 11.4 Å². The van der Waals surface area contributed by atoms with E-state index in [2.05, 4.69) is 14.9 Å². The summed E-state index contributed by atoms with van der Waals surface area (Å²) in [4.78, 5) is 6.85. The number of rotatable bonds is 5. The predicted octanol–water partition coefficient (Wildman–Crippen LogP) is 3.08. The Kier molecular flexibility index (Phi) is 5.24. The molecule has 1 aliphatic rings. The van der Waals surface area contributed by atoms with Gasteiger partial charge in [0.25, 0.3) is 0 Å². The van der Waals surface area contributed by atoms with Gasteiger partial charge in [-0.15, -0.1) is 0 Å². The van der Waals surface area contributed by atoms with E-state index < -0.39 is 10.0 Å². The molecule has 0 spiro atoms. The summed E-state index contributed by atoms with van der Waals surface area (Å²) in [5.74, 6) is 1.04. The standard InChI is InChI=1S/C21H24N4O3S/c1-14-4-8-16(9-5-14)20-22-21(28-23-20)19-12-17(13-25(19)3)24-29(26,27)18-10-6-15(2)7-11-18/h4-11,17,19,24H,12-13H2,1-3H3. The van der Waals surface area contributed by atoms with E-state index in [1.807, 2.05) is 50.1 Å². The fraction of sp³-hybridized carbons (Fsp3) is 0.333. The Bertz CT molecular complexity index is 1090. The molecular weight excluding hydrogens is 388 g/mol. The van der Waals surface area contributed by atoms with Crippen LogP contribution in [-0.2, 0) is 10.0 Å². The first-order valence-electron chi connectivity index (χ1n) is 9.52. The van der Waals surface area contributed by atoms with Gasteiger partial charge in [0.15, 0.2) is 0 Å². The number of benzene rings is 2. The minimum absolute atomic E-state index is 0.132. The van der Waals surface area contributed by atoms with Crippen molar-refractivity contribution in [1.29, 1.82) is 0 Å². The third-order valence-corrected chi connectivity index (χ3v) is 6.77. The second kappa shape index (κ2) is 7.70. The highest BCUT2D eigenvalue weighted by Gasteiger charge is 2.36. The van der Waals surface area contributed by atoms with Crippen LogP contribution in [0, 0.1) is 13.8 Å². The van der Waals surface area contributed by atoms with Gasteiger partial charge in [-0.25, -0.2) is 13.1 Å². The molecule has 1 fully saturated rings. The summed E-state index contributed by atoms with van der Waals surface area (Å²) in [7, 11) is -1.64. The number of nitrogens with zero attached hydrogens (tertiary/aromatic N) is 3. The van der Waals surface area contributed by atoms with Crippen molar-refractivity contribution in [2.75, 3.05) is 13.6 Å². The third kappa shape index (κ3) is 4.24. The first-order valence-corrected chi connectivity index (χ1v) is 11.0. The summed E-state index contributed by atoms with van der Waals surface area (Å²) in [5.41, 5.74) is 3.07. The van der Waals surface area contributed by atoms with Gasteiger partial charge in [-0.05, 0) is 39.4 Å². The topological polar surface area (TPSA) is 88.3 Å². The number of hydrogen-bond acceptors (Lipinski definition) is 6. The fourth-order valence-corrected chi connectivity index (χ4v) is 4.81. The minimum Gasteiger partial charge on any atom is -0.337 e. The molecule has 152 valence electrons. The number of nitrogens with one attached hydrogen (secondary N) is 1. The van der Waals surface area contributed by atoms with Gasteiger partial charge < -0.3 is 4.52 Å². The summed E-state index contributed by atoms with van der Waals surface area (Å²) in [6.07, 6.45) is 0.567. The van der Waals surface area contributed by atoms with Gasteiger partial charge >= 0.3 is 0 Å². The van der Waals surface area contributed by atoms with Crippen LogP contribution >= 0.6 is 0 Å². The van der Waals surface area contributed by atoms with E-state index >= 15 is 0 Å². The maximum atomic E-state index is 12.7. The fourth-order valence-electron chi connectivity index (χ4n) is 3.57. The van der Waals surface area contributed by atoms with Crippen LogP contribution in [0.1, 0.15) is 29.5 Å². The average Bonchev–Trinajstić information content (AvgIpc) is 3.29. The molecule has 2 unspecified atom stereocenters. The second-order valence-electron chi connectivity index (χ2n) is 7.64. The molecule has 1 aromatic heterocycles. The van der Waals surface area contributed by atoms with Crippen LogP contribution in [0.2, 0.25) is 0 Å². The summed E-state index contributed by atoms with van der Waals surface area (Å²) in [6.45, 7) is 4.52. The Labute approximate surface area is 170 Å².